The van der Waals surface area contributed by atoms with E-state index in [2.05, 4.69) is 0 Å². The number of esters is 1. The highest BCUT2D eigenvalue weighted by Gasteiger charge is 2.12. The van der Waals surface area contributed by atoms with Crippen LogP contribution in [-0.4, -0.2) is 12.6 Å². The van der Waals surface area contributed by atoms with Crippen molar-refractivity contribution < 1.29 is 23.1 Å². The molecular formula is C20H17FO5. The molecule has 5 nitrogen and oxygen atoms in total. The van der Waals surface area contributed by atoms with Crippen molar-refractivity contribution in [2.24, 2.45) is 0 Å². The number of hydrogen-bond acceptors (Lipinski definition) is 5. The highest BCUT2D eigenvalue weighted by Crippen LogP contribution is 2.23. The van der Waals surface area contributed by atoms with Crippen molar-refractivity contribution in [3.05, 3.63) is 75.4 Å². The van der Waals surface area contributed by atoms with Crippen LogP contribution in [0.4, 0.5) is 4.39 Å². The third-order valence-corrected chi connectivity index (χ3v) is 4.08. The van der Waals surface area contributed by atoms with E-state index in [-0.39, 0.29) is 19.0 Å². The van der Waals surface area contributed by atoms with Crippen molar-refractivity contribution in [1.82, 2.24) is 0 Å². The first-order valence-electron chi connectivity index (χ1n) is 8.01. The molecule has 0 atom stereocenters. The summed E-state index contributed by atoms with van der Waals surface area (Å²) in [5.74, 6) is -0.625. The van der Waals surface area contributed by atoms with Crippen LogP contribution in [0.1, 0.15) is 16.7 Å². The maximum Gasteiger partial charge on any atom is 0.344 e. The van der Waals surface area contributed by atoms with Crippen molar-refractivity contribution in [3.63, 3.8) is 0 Å². The van der Waals surface area contributed by atoms with Gasteiger partial charge in [-0.3, -0.25) is 0 Å². The van der Waals surface area contributed by atoms with Gasteiger partial charge in [0.1, 0.15) is 23.8 Å². The topological polar surface area (TPSA) is 65.7 Å². The molecule has 0 spiro atoms. The van der Waals surface area contributed by atoms with Gasteiger partial charge in [0.25, 0.3) is 0 Å². The second-order valence-electron chi connectivity index (χ2n) is 5.88. The highest BCUT2D eigenvalue weighted by molar-refractivity contribution is 5.84. The molecule has 26 heavy (non-hydrogen) atoms. The minimum absolute atomic E-state index is 0.0732. The number of ether oxygens (including phenoxy) is 2. The lowest BCUT2D eigenvalue weighted by Gasteiger charge is -2.10. The Morgan fingerprint density at radius 3 is 2.58 bits per heavy atom. The fourth-order valence-electron chi connectivity index (χ4n) is 2.52. The SMILES string of the molecule is Cc1ccc2c(COC(=O)COc3ccc(F)cc3)cc(=O)oc2c1C. The molecule has 0 saturated heterocycles. The van der Waals surface area contributed by atoms with Gasteiger partial charge in [-0.25, -0.2) is 14.0 Å². The van der Waals surface area contributed by atoms with Gasteiger partial charge in [-0.2, -0.15) is 0 Å². The first kappa shape index (κ1) is 17.7. The lowest BCUT2D eigenvalue weighted by molar-refractivity contribution is -0.147. The Labute approximate surface area is 149 Å². The Morgan fingerprint density at radius 1 is 1.12 bits per heavy atom. The van der Waals surface area contributed by atoms with Crippen LogP contribution in [0.15, 0.2) is 51.7 Å². The summed E-state index contributed by atoms with van der Waals surface area (Å²) in [5, 5.41) is 0.722. The molecule has 2 aromatic carbocycles. The van der Waals surface area contributed by atoms with Crippen LogP contribution >= 0.6 is 0 Å². The van der Waals surface area contributed by atoms with Gasteiger partial charge in [-0.1, -0.05) is 12.1 Å². The summed E-state index contributed by atoms with van der Waals surface area (Å²) >= 11 is 0. The zero-order chi connectivity index (χ0) is 18.7. The smallest absolute Gasteiger partial charge is 0.344 e. The summed E-state index contributed by atoms with van der Waals surface area (Å²) in [5.41, 5.74) is 2.43. The number of halogens is 1. The lowest BCUT2D eigenvalue weighted by atomic mass is 10.0. The van der Waals surface area contributed by atoms with E-state index in [1.807, 2.05) is 26.0 Å². The fourth-order valence-corrected chi connectivity index (χ4v) is 2.52. The molecule has 0 aliphatic rings. The molecule has 0 aliphatic heterocycles. The fraction of sp³-hybridized carbons (Fsp3) is 0.200. The highest BCUT2D eigenvalue weighted by atomic mass is 19.1. The minimum atomic E-state index is -0.598. The summed E-state index contributed by atoms with van der Waals surface area (Å²) in [7, 11) is 0. The first-order chi connectivity index (χ1) is 12.4. The van der Waals surface area contributed by atoms with Crippen LogP contribution in [0, 0.1) is 19.7 Å². The van der Waals surface area contributed by atoms with E-state index < -0.39 is 11.6 Å². The van der Waals surface area contributed by atoms with Crippen LogP contribution in [0.3, 0.4) is 0 Å². The van der Waals surface area contributed by atoms with E-state index in [4.69, 9.17) is 13.9 Å². The Balaban J connectivity index is 1.69. The summed E-state index contributed by atoms with van der Waals surface area (Å²) < 4.78 is 28.5. The summed E-state index contributed by atoms with van der Waals surface area (Å²) in [6.45, 7) is 3.40. The molecular weight excluding hydrogens is 339 g/mol. The Hall–Kier alpha value is -3.15. The molecule has 0 fully saturated rings. The molecule has 0 aliphatic carbocycles. The predicted octanol–water partition coefficient (Wildman–Crippen LogP) is 3.67. The van der Waals surface area contributed by atoms with E-state index in [1.165, 1.54) is 30.3 Å². The molecule has 0 bridgehead atoms. The number of carbonyl (C=O) groups is 1. The molecule has 3 rings (SSSR count). The van der Waals surface area contributed by atoms with Gasteiger partial charge in [0.15, 0.2) is 6.61 Å². The van der Waals surface area contributed by atoms with Crippen molar-refractivity contribution >= 4 is 16.9 Å². The average Bonchev–Trinajstić information content (AvgIpc) is 2.62. The van der Waals surface area contributed by atoms with Gasteiger partial charge < -0.3 is 13.9 Å². The number of benzene rings is 2. The zero-order valence-corrected chi connectivity index (χ0v) is 14.4. The molecule has 0 unspecified atom stereocenters. The second kappa shape index (κ2) is 7.39. The van der Waals surface area contributed by atoms with Crippen molar-refractivity contribution in [1.29, 1.82) is 0 Å². The molecule has 134 valence electrons. The van der Waals surface area contributed by atoms with Crippen LogP contribution in [0.2, 0.25) is 0 Å². The normalized spacial score (nSPS) is 10.7. The van der Waals surface area contributed by atoms with Gasteiger partial charge in [-0.05, 0) is 49.2 Å². The van der Waals surface area contributed by atoms with Gasteiger partial charge in [0.05, 0.1) is 0 Å². The van der Waals surface area contributed by atoms with E-state index in [0.717, 1.165) is 16.5 Å². The van der Waals surface area contributed by atoms with Crippen molar-refractivity contribution in [3.8, 4) is 5.75 Å². The predicted molar refractivity (Wildman–Crippen MR) is 93.6 cm³/mol. The third kappa shape index (κ3) is 3.91. The monoisotopic (exact) mass is 356 g/mol. The van der Waals surface area contributed by atoms with Gasteiger partial charge in [0.2, 0.25) is 0 Å². The van der Waals surface area contributed by atoms with Gasteiger partial charge in [-0.15, -0.1) is 0 Å². The van der Waals surface area contributed by atoms with Gasteiger partial charge >= 0.3 is 11.6 Å². The number of hydrogen-bond donors (Lipinski definition) is 0. The second-order valence-corrected chi connectivity index (χ2v) is 5.88. The quantitative estimate of drug-likeness (QED) is 0.515. The van der Waals surface area contributed by atoms with Crippen molar-refractivity contribution in [2.45, 2.75) is 20.5 Å². The first-order valence-corrected chi connectivity index (χ1v) is 8.01. The Morgan fingerprint density at radius 2 is 1.85 bits per heavy atom. The molecule has 6 heteroatoms. The van der Waals surface area contributed by atoms with E-state index >= 15 is 0 Å². The summed E-state index contributed by atoms with van der Waals surface area (Å²) in [4.78, 5) is 23.7. The van der Waals surface area contributed by atoms with Crippen molar-refractivity contribution in [2.75, 3.05) is 6.61 Å². The van der Waals surface area contributed by atoms with E-state index in [1.54, 1.807) is 0 Å². The van der Waals surface area contributed by atoms with E-state index in [0.29, 0.717) is 16.9 Å². The molecule has 1 heterocycles. The summed E-state index contributed by atoms with van der Waals surface area (Å²) in [6.07, 6.45) is 0. The number of rotatable bonds is 5. The molecule has 0 saturated carbocycles. The van der Waals surface area contributed by atoms with E-state index in [9.17, 15) is 14.0 Å². The lowest BCUT2D eigenvalue weighted by Crippen LogP contribution is -2.15. The molecule has 0 radical (unpaired) electrons. The molecule has 0 amide bonds. The van der Waals surface area contributed by atoms with Crippen LogP contribution in [0.25, 0.3) is 11.0 Å². The standard InChI is InChI=1S/C20H17FO5/c1-12-3-8-17-14(9-18(22)26-20(17)13(12)2)10-25-19(23)11-24-16-6-4-15(21)5-7-16/h3-9H,10-11H2,1-2H3. The largest absolute Gasteiger partial charge is 0.482 e. The van der Waals surface area contributed by atoms with Crippen LogP contribution in [0.5, 0.6) is 5.75 Å². The Kier molecular flexibility index (Phi) is 5.02. The van der Waals surface area contributed by atoms with Gasteiger partial charge in [0, 0.05) is 17.0 Å². The Bertz CT molecular complexity index is 1010. The third-order valence-electron chi connectivity index (χ3n) is 4.08. The zero-order valence-electron chi connectivity index (χ0n) is 14.4. The molecule has 0 N–H and O–H groups in total. The summed E-state index contributed by atoms with van der Waals surface area (Å²) in [6, 6.07) is 10.4. The number of fused-ring (bicyclic) bond motifs is 1. The number of aryl methyl sites for hydroxylation is 2. The maximum atomic E-state index is 12.8. The average molecular weight is 356 g/mol. The number of carbonyl (C=O) groups excluding carboxylic acids is 1. The van der Waals surface area contributed by atoms with Crippen LogP contribution in [-0.2, 0) is 16.1 Å². The van der Waals surface area contributed by atoms with Crippen LogP contribution < -0.4 is 10.4 Å². The molecule has 3 aromatic rings. The maximum absolute atomic E-state index is 12.8. The minimum Gasteiger partial charge on any atom is -0.482 e. The molecule has 1 aromatic heterocycles.